The smallest absolute Gasteiger partial charge is 0.224 e. The number of nitrogens with two attached hydrogens (primary N) is 1. The summed E-state index contributed by atoms with van der Waals surface area (Å²) in [7, 11) is 1.61. The lowest BCUT2D eigenvalue weighted by atomic mass is 10.3. The van der Waals surface area contributed by atoms with Crippen LogP contribution in [0.3, 0.4) is 0 Å². The van der Waals surface area contributed by atoms with Crippen molar-refractivity contribution in [3.05, 3.63) is 21.0 Å². The van der Waals surface area contributed by atoms with E-state index in [0.29, 0.717) is 10.0 Å². The van der Waals surface area contributed by atoms with E-state index in [1.165, 1.54) is 22.7 Å². The number of thiophene rings is 1. The third kappa shape index (κ3) is 2.50. The first-order valence-corrected chi connectivity index (χ1v) is 7.16. The third-order valence-electron chi connectivity index (χ3n) is 2.32. The second-order valence-corrected chi connectivity index (χ2v) is 5.94. The number of carbonyl (C=O) groups excluding carboxylic acids is 1. The van der Waals surface area contributed by atoms with Crippen LogP contribution in [0.25, 0.3) is 10.6 Å². The summed E-state index contributed by atoms with van der Waals surface area (Å²) in [5.41, 5.74) is 6.80. The molecular weight excluding hydrogens is 292 g/mol. The number of amides is 1. The van der Waals surface area contributed by atoms with Crippen LogP contribution in [0.2, 0.25) is 5.02 Å². The molecule has 4 nitrogen and oxygen atoms in total. The van der Waals surface area contributed by atoms with E-state index in [0.717, 1.165) is 21.2 Å². The van der Waals surface area contributed by atoms with Crippen molar-refractivity contribution in [3.8, 4) is 15.6 Å². The molecular formula is C11H11ClN2O2S2. The van der Waals surface area contributed by atoms with Crippen molar-refractivity contribution in [1.29, 1.82) is 0 Å². The fourth-order valence-corrected chi connectivity index (χ4v) is 3.68. The van der Waals surface area contributed by atoms with Crippen LogP contribution in [-0.4, -0.2) is 18.0 Å². The summed E-state index contributed by atoms with van der Waals surface area (Å²) in [6, 6.07) is 0. The number of ether oxygens (including phenoxy) is 1. The molecule has 0 spiro atoms. The molecule has 2 aromatic rings. The molecule has 0 radical (unpaired) electrons. The van der Waals surface area contributed by atoms with E-state index in [2.05, 4.69) is 4.98 Å². The standard InChI is InChI=1S/C11H11ClN2O2S2/c1-5-9(12)10(18-11(5)16-2)6-4-17-8(14-6)3-7(13)15/h4H,3H2,1-2H3,(H2,13,15). The summed E-state index contributed by atoms with van der Waals surface area (Å²) in [5, 5.41) is 3.99. The molecule has 0 aliphatic heterocycles. The minimum absolute atomic E-state index is 0.157. The molecule has 2 rings (SSSR count). The lowest BCUT2D eigenvalue weighted by Gasteiger charge is -1.93. The molecule has 2 N–H and O–H groups in total. The summed E-state index contributed by atoms with van der Waals surface area (Å²) >= 11 is 9.09. The quantitative estimate of drug-likeness (QED) is 0.944. The Morgan fingerprint density at radius 2 is 2.33 bits per heavy atom. The first-order valence-electron chi connectivity index (χ1n) is 5.09. The number of halogens is 1. The monoisotopic (exact) mass is 302 g/mol. The predicted molar refractivity (Wildman–Crippen MR) is 74.6 cm³/mol. The van der Waals surface area contributed by atoms with Gasteiger partial charge in [0.15, 0.2) is 5.06 Å². The number of primary amides is 1. The normalized spacial score (nSPS) is 10.6. The van der Waals surface area contributed by atoms with Gasteiger partial charge in [0, 0.05) is 10.9 Å². The van der Waals surface area contributed by atoms with Gasteiger partial charge in [-0.25, -0.2) is 4.98 Å². The molecule has 0 aliphatic rings. The highest BCUT2D eigenvalue weighted by molar-refractivity contribution is 7.18. The van der Waals surface area contributed by atoms with Gasteiger partial charge in [-0.2, -0.15) is 0 Å². The minimum Gasteiger partial charge on any atom is -0.487 e. The lowest BCUT2D eigenvalue weighted by Crippen LogP contribution is -2.13. The van der Waals surface area contributed by atoms with E-state index < -0.39 is 0 Å². The molecule has 0 bridgehead atoms. The van der Waals surface area contributed by atoms with Crippen LogP contribution in [-0.2, 0) is 11.2 Å². The molecule has 96 valence electrons. The molecule has 18 heavy (non-hydrogen) atoms. The van der Waals surface area contributed by atoms with Crippen LogP contribution in [0.4, 0.5) is 0 Å². The largest absolute Gasteiger partial charge is 0.487 e. The number of methoxy groups -OCH3 is 1. The van der Waals surface area contributed by atoms with Gasteiger partial charge < -0.3 is 10.5 Å². The van der Waals surface area contributed by atoms with E-state index in [1.54, 1.807) is 7.11 Å². The topological polar surface area (TPSA) is 65.2 Å². The molecule has 7 heteroatoms. The zero-order chi connectivity index (χ0) is 13.3. The maximum Gasteiger partial charge on any atom is 0.224 e. The van der Waals surface area contributed by atoms with Crippen LogP contribution in [0.1, 0.15) is 10.6 Å². The highest BCUT2D eigenvalue weighted by Crippen LogP contribution is 2.44. The molecule has 0 fully saturated rings. The van der Waals surface area contributed by atoms with Gasteiger partial charge in [-0.05, 0) is 6.92 Å². The Hall–Kier alpha value is -1.11. The molecule has 2 heterocycles. The molecule has 0 atom stereocenters. The first kappa shape index (κ1) is 13.3. The Balaban J connectivity index is 2.37. The van der Waals surface area contributed by atoms with Crippen LogP contribution >= 0.6 is 34.3 Å². The zero-order valence-corrected chi connectivity index (χ0v) is 12.2. The van der Waals surface area contributed by atoms with Gasteiger partial charge in [0.1, 0.15) is 5.01 Å². The second-order valence-electron chi connectivity index (χ2n) is 3.63. The maximum atomic E-state index is 10.8. The van der Waals surface area contributed by atoms with Gasteiger partial charge in [0.05, 0.1) is 29.1 Å². The minimum atomic E-state index is -0.387. The molecule has 0 aromatic carbocycles. The summed E-state index contributed by atoms with van der Waals surface area (Å²) in [6.45, 7) is 1.90. The number of hydrogen-bond donors (Lipinski definition) is 1. The second kappa shape index (κ2) is 5.26. The fraction of sp³-hybridized carbons (Fsp3) is 0.273. The highest BCUT2D eigenvalue weighted by Gasteiger charge is 2.17. The van der Waals surface area contributed by atoms with Gasteiger partial charge in [-0.15, -0.1) is 11.3 Å². The van der Waals surface area contributed by atoms with Crippen molar-refractivity contribution in [2.75, 3.05) is 7.11 Å². The Labute approximate surface area is 117 Å². The molecule has 0 aliphatic carbocycles. The van der Waals surface area contributed by atoms with Crippen molar-refractivity contribution in [3.63, 3.8) is 0 Å². The van der Waals surface area contributed by atoms with Crippen molar-refractivity contribution in [1.82, 2.24) is 4.98 Å². The van der Waals surface area contributed by atoms with E-state index in [-0.39, 0.29) is 12.3 Å². The van der Waals surface area contributed by atoms with Crippen molar-refractivity contribution in [2.45, 2.75) is 13.3 Å². The third-order valence-corrected chi connectivity index (χ3v) is 5.03. The number of carbonyl (C=O) groups is 1. The van der Waals surface area contributed by atoms with Crippen molar-refractivity contribution >= 4 is 40.2 Å². The predicted octanol–water partition coefficient (Wildman–Crippen LogP) is 2.87. The SMILES string of the molecule is COc1sc(-c2csc(CC(N)=O)n2)c(Cl)c1C. The Bertz CT molecular complexity index is 592. The molecule has 0 saturated carbocycles. The average Bonchev–Trinajstić information content (AvgIpc) is 2.86. The maximum absolute atomic E-state index is 10.8. The molecule has 2 aromatic heterocycles. The highest BCUT2D eigenvalue weighted by atomic mass is 35.5. The Morgan fingerprint density at radius 1 is 1.61 bits per heavy atom. The fourth-order valence-electron chi connectivity index (χ4n) is 1.48. The van der Waals surface area contributed by atoms with Crippen molar-refractivity contribution in [2.24, 2.45) is 5.73 Å². The Morgan fingerprint density at radius 3 is 2.89 bits per heavy atom. The number of hydrogen-bond acceptors (Lipinski definition) is 5. The van der Waals surface area contributed by atoms with Crippen LogP contribution in [0, 0.1) is 6.92 Å². The summed E-state index contributed by atoms with van der Waals surface area (Å²) < 4.78 is 5.23. The van der Waals surface area contributed by atoms with Crippen LogP contribution in [0.15, 0.2) is 5.38 Å². The van der Waals surface area contributed by atoms with Gasteiger partial charge in [-0.3, -0.25) is 4.79 Å². The molecule has 1 amide bonds. The summed E-state index contributed by atoms with van der Waals surface area (Å²) in [5.74, 6) is -0.387. The number of rotatable bonds is 4. The van der Waals surface area contributed by atoms with E-state index in [4.69, 9.17) is 22.1 Å². The van der Waals surface area contributed by atoms with Crippen molar-refractivity contribution < 1.29 is 9.53 Å². The van der Waals surface area contributed by atoms with E-state index in [1.807, 2.05) is 12.3 Å². The van der Waals surface area contributed by atoms with E-state index in [9.17, 15) is 4.79 Å². The van der Waals surface area contributed by atoms with Crippen LogP contribution < -0.4 is 10.5 Å². The zero-order valence-electron chi connectivity index (χ0n) is 9.82. The van der Waals surface area contributed by atoms with Gasteiger partial charge in [0.2, 0.25) is 5.91 Å². The van der Waals surface area contributed by atoms with E-state index >= 15 is 0 Å². The van der Waals surface area contributed by atoms with Crippen LogP contribution in [0.5, 0.6) is 5.06 Å². The first-order chi connectivity index (χ1) is 8.52. The van der Waals surface area contributed by atoms with Gasteiger partial charge in [0.25, 0.3) is 0 Å². The lowest BCUT2D eigenvalue weighted by molar-refractivity contribution is -0.117. The average molecular weight is 303 g/mol. The molecule has 0 unspecified atom stereocenters. The Kier molecular flexibility index (Phi) is 3.89. The number of nitrogens with zero attached hydrogens (tertiary/aromatic N) is 1. The number of aromatic nitrogens is 1. The summed E-state index contributed by atoms with van der Waals surface area (Å²) in [4.78, 5) is 16.0. The van der Waals surface area contributed by atoms with Gasteiger partial charge >= 0.3 is 0 Å². The van der Waals surface area contributed by atoms with Gasteiger partial charge in [-0.1, -0.05) is 22.9 Å². The number of thiazole rings is 1. The molecule has 0 saturated heterocycles. The summed E-state index contributed by atoms with van der Waals surface area (Å²) in [6.07, 6.45) is 0.157.